The Morgan fingerprint density at radius 3 is 2.55 bits per heavy atom. The topological polar surface area (TPSA) is 77.1 Å². The van der Waals surface area contributed by atoms with Gasteiger partial charge < -0.3 is 24.4 Å². The van der Waals surface area contributed by atoms with Gasteiger partial charge in [0.15, 0.2) is 5.60 Å². The molecule has 3 fully saturated rings. The summed E-state index contributed by atoms with van der Waals surface area (Å²) in [6.45, 7) is 2.26. The van der Waals surface area contributed by atoms with Gasteiger partial charge in [-0.05, 0) is 49.5 Å². The number of morpholine rings is 1. The number of benzene rings is 1. The van der Waals surface area contributed by atoms with Gasteiger partial charge in [-0.2, -0.15) is 13.2 Å². The van der Waals surface area contributed by atoms with Crippen LogP contribution in [-0.4, -0.2) is 67.5 Å². The predicted octanol–water partition coefficient (Wildman–Crippen LogP) is 2.04. The number of alkyl halides is 3. The van der Waals surface area contributed by atoms with Gasteiger partial charge in [-0.3, -0.25) is 4.79 Å². The molecule has 1 aliphatic carbocycles. The van der Waals surface area contributed by atoms with Gasteiger partial charge in [-0.1, -0.05) is 12.1 Å². The molecular weight excluding hydrogens is 417 g/mol. The van der Waals surface area contributed by atoms with Crippen LogP contribution in [0, 0.1) is 5.92 Å². The van der Waals surface area contributed by atoms with Crippen LogP contribution < -0.4 is 10.1 Å². The number of amides is 1. The Bertz CT molecular complexity index is 825. The lowest BCUT2D eigenvalue weighted by Crippen LogP contribution is -2.57. The number of rotatable bonds is 5. The van der Waals surface area contributed by atoms with Gasteiger partial charge in [0.25, 0.3) is 5.91 Å². The maximum atomic E-state index is 13.2. The molecule has 3 unspecified atom stereocenters. The molecule has 1 spiro atoms. The molecule has 3 atom stereocenters. The van der Waals surface area contributed by atoms with Gasteiger partial charge >= 0.3 is 12.1 Å². The van der Waals surface area contributed by atoms with Crippen LogP contribution >= 0.6 is 0 Å². The van der Waals surface area contributed by atoms with E-state index in [9.17, 15) is 22.8 Å². The minimum Gasteiger partial charge on any atom is -0.497 e. The number of hydrogen-bond acceptors (Lipinski definition) is 6. The Kier molecular flexibility index (Phi) is 5.87. The third-order valence-corrected chi connectivity index (χ3v) is 6.18. The van der Waals surface area contributed by atoms with E-state index in [1.165, 1.54) is 0 Å². The quantitative estimate of drug-likeness (QED) is 0.704. The molecular formula is C21H25F3N2O5. The summed E-state index contributed by atoms with van der Waals surface area (Å²) in [5.41, 5.74) is -0.666. The highest BCUT2D eigenvalue weighted by molar-refractivity contribution is 5.91. The van der Waals surface area contributed by atoms with Crippen LogP contribution in [0.15, 0.2) is 24.3 Å². The third kappa shape index (κ3) is 4.50. The summed E-state index contributed by atoms with van der Waals surface area (Å²) in [7, 11) is 1.56. The van der Waals surface area contributed by atoms with Crippen LogP contribution in [0.5, 0.6) is 5.75 Å². The van der Waals surface area contributed by atoms with Crippen LogP contribution in [-0.2, 0) is 25.6 Å². The van der Waals surface area contributed by atoms with Crippen molar-refractivity contribution in [3.05, 3.63) is 29.8 Å². The van der Waals surface area contributed by atoms with Crippen molar-refractivity contribution >= 4 is 11.9 Å². The van der Waals surface area contributed by atoms with Crippen molar-refractivity contribution in [1.82, 2.24) is 10.2 Å². The molecule has 1 amide bonds. The normalized spacial score (nSPS) is 29.2. The molecule has 170 valence electrons. The first-order valence-electron chi connectivity index (χ1n) is 10.3. The van der Waals surface area contributed by atoms with Gasteiger partial charge in [0.05, 0.1) is 13.2 Å². The Morgan fingerprint density at radius 1 is 1.26 bits per heavy atom. The third-order valence-electron chi connectivity index (χ3n) is 6.18. The van der Waals surface area contributed by atoms with E-state index in [1.54, 1.807) is 24.1 Å². The van der Waals surface area contributed by atoms with E-state index in [0.717, 1.165) is 31.5 Å². The second kappa shape index (κ2) is 8.31. The number of nitrogens with one attached hydrogen (secondary N) is 1. The minimum absolute atomic E-state index is 0.0613. The number of methoxy groups -OCH3 is 1. The molecule has 0 bridgehead atoms. The summed E-state index contributed by atoms with van der Waals surface area (Å²) >= 11 is 0. The van der Waals surface area contributed by atoms with Crippen molar-refractivity contribution < 1.29 is 37.0 Å². The van der Waals surface area contributed by atoms with Crippen molar-refractivity contribution in [1.29, 1.82) is 0 Å². The number of carbonyl (C=O) groups excluding carboxylic acids is 2. The first kappa shape index (κ1) is 21.9. The van der Waals surface area contributed by atoms with Gasteiger partial charge in [-0.25, -0.2) is 4.79 Å². The Morgan fingerprint density at radius 2 is 1.94 bits per heavy atom. The van der Waals surface area contributed by atoms with E-state index in [-0.39, 0.29) is 25.0 Å². The van der Waals surface area contributed by atoms with Crippen molar-refractivity contribution in [3.8, 4) is 5.75 Å². The van der Waals surface area contributed by atoms with E-state index in [1.807, 2.05) is 12.1 Å². The second-order valence-electron chi connectivity index (χ2n) is 8.26. The lowest BCUT2D eigenvalue weighted by atomic mass is 9.90. The number of carbonyl (C=O) groups is 2. The fourth-order valence-electron chi connectivity index (χ4n) is 4.37. The highest BCUT2D eigenvalue weighted by atomic mass is 19.4. The Hall–Kier alpha value is -2.33. The van der Waals surface area contributed by atoms with E-state index >= 15 is 0 Å². The SMILES string of the molecule is COc1ccc(CN2CC(C3CCNCC3)OC3(CC3OC(=O)C(F)(F)F)C2=O)cc1. The number of nitrogens with zero attached hydrogens (tertiary/aromatic N) is 1. The molecule has 1 saturated carbocycles. The van der Waals surface area contributed by atoms with Gasteiger partial charge in [-0.15, -0.1) is 0 Å². The molecule has 0 aromatic heterocycles. The average molecular weight is 442 g/mol. The highest BCUT2D eigenvalue weighted by Crippen LogP contribution is 2.49. The second-order valence-corrected chi connectivity index (χ2v) is 8.26. The summed E-state index contributed by atoms with van der Waals surface area (Å²) in [6, 6.07) is 7.24. The zero-order chi connectivity index (χ0) is 22.2. The van der Waals surface area contributed by atoms with E-state index in [4.69, 9.17) is 9.47 Å². The first-order chi connectivity index (χ1) is 14.7. The Balaban J connectivity index is 1.53. The number of ether oxygens (including phenoxy) is 3. The van der Waals surface area contributed by atoms with Crippen molar-refractivity contribution in [2.75, 3.05) is 26.7 Å². The zero-order valence-electron chi connectivity index (χ0n) is 17.1. The smallest absolute Gasteiger partial charge is 0.490 e. The monoisotopic (exact) mass is 442 g/mol. The highest BCUT2D eigenvalue weighted by Gasteiger charge is 2.69. The van der Waals surface area contributed by atoms with Crippen molar-refractivity contribution in [3.63, 3.8) is 0 Å². The first-order valence-corrected chi connectivity index (χ1v) is 10.3. The number of halogens is 3. The van der Waals surface area contributed by atoms with Gasteiger partial charge in [0.2, 0.25) is 0 Å². The summed E-state index contributed by atoms with van der Waals surface area (Å²) in [5.74, 6) is -1.88. The summed E-state index contributed by atoms with van der Waals surface area (Å²) in [4.78, 5) is 26.1. The molecule has 4 rings (SSSR count). The molecule has 2 saturated heterocycles. The lowest BCUT2D eigenvalue weighted by molar-refractivity contribution is -0.208. The van der Waals surface area contributed by atoms with Crippen LogP contribution in [0.1, 0.15) is 24.8 Å². The number of esters is 1. The molecule has 7 nitrogen and oxygen atoms in total. The van der Waals surface area contributed by atoms with Crippen molar-refractivity contribution in [2.24, 2.45) is 5.92 Å². The summed E-state index contributed by atoms with van der Waals surface area (Å²) in [6.07, 6.45) is -5.03. The van der Waals surface area contributed by atoms with Gasteiger partial charge in [0, 0.05) is 19.5 Å². The maximum absolute atomic E-state index is 13.2. The standard InChI is InChI=1S/C21H25F3N2O5/c1-29-15-4-2-13(3-5-15)11-26-12-16(14-6-8-25-9-7-14)31-20(18(26)27)10-17(20)30-19(28)21(22,23)24/h2-5,14,16-17,25H,6-12H2,1H3. The molecule has 1 aromatic carbocycles. The molecule has 1 N–H and O–H groups in total. The fourth-order valence-corrected chi connectivity index (χ4v) is 4.37. The van der Waals surface area contributed by atoms with Gasteiger partial charge in [0.1, 0.15) is 11.9 Å². The van der Waals surface area contributed by atoms with Crippen LogP contribution in [0.2, 0.25) is 0 Å². The zero-order valence-corrected chi connectivity index (χ0v) is 17.1. The molecule has 0 radical (unpaired) electrons. The predicted molar refractivity (Wildman–Crippen MR) is 102 cm³/mol. The molecule has 1 aromatic rings. The largest absolute Gasteiger partial charge is 0.497 e. The van der Waals surface area contributed by atoms with Crippen LogP contribution in [0.4, 0.5) is 13.2 Å². The summed E-state index contributed by atoms with van der Waals surface area (Å²) in [5, 5.41) is 3.27. The molecule has 2 aliphatic heterocycles. The Labute approximate surface area is 177 Å². The molecule has 31 heavy (non-hydrogen) atoms. The molecule has 2 heterocycles. The van der Waals surface area contributed by atoms with E-state index in [2.05, 4.69) is 10.1 Å². The van der Waals surface area contributed by atoms with Crippen LogP contribution in [0.3, 0.4) is 0 Å². The molecule has 10 heteroatoms. The van der Waals surface area contributed by atoms with Crippen LogP contribution in [0.25, 0.3) is 0 Å². The maximum Gasteiger partial charge on any atom is 0.490 e. The average Bonchev–Trinajstić information content (AvgIpc) is 3.44. The fraction of sp³-hybridized carbons (Fsp3) is 0.619. The van der Waals surface area contributed by atoms with Crippen molar-refractivity contribution in [2.45, 2.75) is 49.8 Å². The lowest BCUT2D eigenvalue weighted by Gasteiger charge is -2.42. The number of piperidine rings is 1. The van der Waals surface area contributed by atoms with E-state index < -0.39 is 29.8 Å². The summed E-state index contributed by atoms with van der Waals surface area (Å²) < 4.78 is 53.8. The van der Waals surface area contributed by atoms with E-state index in [0.29, 0.717) is 12.3 Å². The minimum atomic E-state index is -5.11. The number of hydrogen-bond donors (Lipinski definition) is 1. The molecule has 3 aliphatic rings.